The highest BCUT2D eigenvalue weighted by Crippen LogP contribution is 2.20. The molecule has 0 saturated carbocycles. The lowest BCUT2D eigenvalue weighted by Crippen LogP contribution is -2.43. The van der Waals surface area contributed by atoms with E-state index >= 15 is 0 Å². The highest BCUT2D eigenvalue weighted by atomic mass is 16.5. The second-order valence-corrected chi connectivity index (χ2v) is 5.15. The average molecular weight is 291 g/mol. The van der Waals surface area contributed by atoms with E-state index in [1.807, 2.05) is 25.1 Å². The number of aliphatic carboxylic acids is 1. The molecule has 0 aliphatic heterocycles. The van der Waals surface area contributed by atoms with Crippen molar-refractivity contribution in [3.05, 3.63) is 35.4 Å². The number of amides is 1. The Balaban J connectivity index is 2.83. The van der Waals surface area contributed by atoms with Crippen molar-refractivity contribution in [1.82, 2.24) is 5.32 Å². The molecule has 21 heavy (non-hydrogen) atoms. The number of carboxylic acid groups (broad SMARTS) is 1. The Morgan fingerprint density at radius 2 is 2.00 bits per heavy atom. The van der Waals surface area contributed by atoms with Crippen molar-refractivity contribution in [1.29, 1.82) is 0 Å². The Morgan fingerprint density at radius 1 is 1.33 bits per heavy atom. The molecule has 114 valence electrons. The maximum absolute atomic E-state index is 11.8. The molecule has 5 heteroatoms. The van der Waals surface area contributed by atoms with Gasteiger partial charge in [-0.05, 0) is 31.1 Å². The summed E-state index contributed by atoms with van der Waals surface area (Å²) >= 11 is 0. The SMILES string of the molecule is COc1ccc(C)cc1C=CC(=O)N[C@@H](C(=O)O)C(C)C. The number of carboxylic acids is 1. The average Bonchev–Trinajstić information content (AvgIpc) is 2.42. The molecule has 1 aromatic rings. The minimum atomic E-state index is -1.04. The zero-order valence-corrected chi connectivity index (χ0v) is 12.7. The van der Waals surface area contributed by atoms with Crippen molar-refractivity contribution in [3.63, 3.8) is 0 Å². The first-order chi connectivity index (χ1) is 9.85. The third-order valence-corrected chi connectivity index (χ3v) is 3.03. The Kier molecular flexibility index (Phi) is 5.96. The van der Waals surface area contributed by atoms with E-state index in [0.717, 1.165) is 11.1 Å². The lowest BCUT2D eigenvalue weighted by molar-refractivity contribution is -0.142. The van der Waals surface area contributed by atoms with Crippen LogP contribution in [-0.4, -0.2) is 30.1 Å². The fourth-order valence-corrected chi connectivity index (χ4v) is 1.86. The Bertz CT molecular complexity index is 549. The predicted molar refractivity (Wildman–Crippen MR) is 81.2 cm³/mol. The van der Waals surface area contributed by atoms with Gasteiger partial charge in [-0.25, -0.2) is 4.79 Å². The highest BCUT2D eigenvalue weighted by Gasteiger charge is 2.22. The number of hydrogen-bond acceptors (Lipinski definition) is 3. The van der Waals surface area contributed by atoms with Crippen molar-refractivity contribution >= 4 is 18.0 Å². The summed E-state index contributed by atoms with van der Waals surface area (Å²) in [5.74, 6) is -1.02. The zero-order valence-electron chi connectivity index (χ0n) is 12.7. The molecule has 1 aromatic carbocycles. The summed E-state index contributed by atoms with van der Waals surface area (Å²) < 4.78 is 5.21. The molecule has 0 saturated heterocycles. The molecule has 2 N–H and O–H groups in total. The van der Waals surface area contributed by atoms with Crippen molar-refractivity contribution in [2.75, 3.05) is 7.11 Å². The molecule has 0 fully saturated rings. The number of benzene rings is 1. The number of aryl methyl sites for hydroxylation is 1. The van der Waals surface area contributed by atoms with Crippen LogP contribution in [0.3, 0.4) is 0 Å². The van der Waals surface area contributed by atoms with Gasteiger partial charge in [-0.2, -0.15) is 0 Å². The Labute approximate surface area is 124 Å². The van der Waals surface area contributed by atoms with Crippen LogP contribution in [0.2, 0.25) is 0 Å². The van der Waals surface area contributed by atoms with Gasteiger partial charge in [0.15, 0.2) is 0 Å². The predicted octanol–water partition coefficient (Wildman–Crippen LogP) is 2.24. The lowest BCUT2D eigenvalue weighted by atomic mass is 10.0. The summed E-state index contributed by atoms with van der Waals surface area (Å²) in [5.41, 5.74) is 1.81. The molecule has 1 atom stereocenters. The summed E-state index contributed by atoms with van der Waals surface area (Å²) in [5, 5.41) is 11.5. The summed E-state index contributed by atoms with van der Waals surface area (Å²) in [6, 6.07) is 4.72. The summed E-state index contributed by atoms with van der Waals surface area (Å²) in [6.45, 7) is 5.43. The largest absolute Gasteiger partial charge is 0.496 e. The highest BCUT2D eigenvalue weighted by molar-refractivity contribution is 5.94. The molecule has 0 radical (unpaired) electrons. The normalized spacial score (nSPS) is 12.4. The summed E-state index contributed by atoms with van der Waals surface area (Å²) in [4.78, 5) is 22.9. The van der Waals surface area contributed by atoms with Crippen molar-refractivity contribution < 1.29 is 19.4 Å². The topological polar surface area (TPSA) is 75.6 Å². The molecule has 0 aliphatic carbocycles. The van der Waals surface area contributed by atoms with E-state index < -0.39 is 17.9 Å². The number of hydrogen-bond donors (Lipinski definition) is 2. The third kappa shape index (κ3) is 4.95. The van der Waals surface area contributed by atoms with E-state index in [4.69, 9.17) is 9.84 Å². The van der Waals surface area contributed by atoms with Crippen LogP contribution in [0.25, 0.3) is 6.08 Å². The van der Waals surface area contributed by atoms with E-state index in [0.29, 0.717) is 5.75 Å². The van der Waals surface area contributed by atoms with E-state index in [2.05, 4.69) is 5.32 Å². The van der Waals surface area contributed by atoms with Gasteiger partial charge in [0.25, 0.3) is 0 Å². The fraction of sp³-hybridized carbons (Fsp3) is 0.375. The van der Waals surface area contributed by atoms with Crippen molar-refractivity contribution in [3.8, 4) is 5.75 Å². The molecule has 0 heterocycles. The molecule has 0 unspecified atom stereocenters. The number of ether oxygens (including phenoxy) is 1. The van der Waals surface area contributed by atoms with Gasteiger partial charge in [-0.15, -0.1) is 0 Å². The molecule has 0 bridgehead atoms. The van der Waals surface area contributed by atoms with Gasteiger partial charge in [-0.1, -0.05) is 25.5 Å². The standard InChI is InChI=1S/C16H21NO4/c1-10(2)15(16(19)20)17-14(18)8-6-12-9-11(3)5-7-13(12)21-4/h5-10,15H,1-4H3,(H,17,18)(H,19,20)/t15-/m1/s1. The second kappa shape index (κ2) is 7.47. The third-order valence-electron chi connectivity index (χ3n) is 3.03. The van der Waals surface area contributed by atoms with Crippen molar-refractivity contribution in [2.24, 2.45) is 5.92 Å². The molecule has 1 rings (SSSR count). The van der Waals surface area contributed by atoms with Gasteiger partial charge < -0.3 is 15.2 Å². The molecule has 0 aliphatic rings. The van der Waals surface area contributed by atoms with E-state index in [1.54, 1.807) is 27.0 Å². The Hall–Kier alpha value is -2.30. The Morgan fingerprint density at radius 3 is 2.52 bits per heavy atom. The minimum Gasteiger partial charge on any atom is -0.496 e. The van der Waals surface area contributed by atoms with Gasteiger partial charge in [-0.3, -0.25) is 4.79 Å². The van der Waals surface area contributed by atoms with Crippen LogP contribution >= 0.6 is 0 Å². The van der Waals surface area contributed by atoms with E-state index in [9.17, 15) is 9.59 Å². The zero-order chi connectivity index (χ0) is 16.0. The van der Waals surface area contributed by atoms with Gasteiger partial charge >= 0.3 is 5.97 Å². The first-order valence-electron chi connectivity index (χ1n) is 6.71. The number of methoxy groups -OCH3 is 1. The maximum atomic E-state index is 11.8. The smallest absolute Gasteiger partial charge is 0.326 e. The minimum absolute atomic E-state index is 0.187. The molecule has 0 aromatic heterocycles. The number of rotatable bonds is 6. The quantitative estimate of drug-likeness (QED) is 0.788. The van der Waals surface area contributed by atoms with E-state index in [1.165, 1.54) is 6.08 Å². The van der Waals surface area contributed by atoms with Crippen LogP contribution in [0.15, 0.2) is 24.3 Å². The van der Waals surface area contributed by atoms with Crippen LogP contribution in [0.4, 0.5) is 0 Å². The first-order valence-corrected chi connectivity index (χ1v) is 6.71. The van der Waals surface area contributed by atoms with E-state index in [-0.39, 0.29) is 5.92 Å². The lowest BCUT2D eigenvalue weighted by Gasteiger charge is -2.16. The van der Waals surface area contributed by atoms with Crippen LogP contribution in [0, 0.1) is 12.8 Å². The summed E-state index contributed by atoms with van der Waals surface area (Å²) in [7, 11) is 1.56. The van der Waals surface area contributed by atoms with Gasteiger partial charge in [0.2, 0.25) is 5.91 Å². The summed E-state index contributed by atoms with van der Waals surface area (Å²) in [6.07, 6.45) is 2.93. The molecular weight excluding hydrogens is 270 g/mol. The van der Waals surface area contributed by atoms with Gasteiger partial charge in [0, 0.05) is 11.6 Å². The molecule has 0 spiro atoms. The maximum Gasteiger partial charge on any atom is 0.326 e. The van der Waals surface area contributed by atoms with Gasteiger partial charge in [0.1, 0.15) is 11.8 Å². The molecule has 1 amide bonds. The molecular formula is C16H21NO4. The second-order valence-electron chi connectivity index (χ2n) is 5.15. The van der Waals surface area contributed by atoms with Crippen LogP contribution < -0.4 is 10.1 Å². The van der Waals surface area contributed by atoms with Crippen LogP contribution in [0.1, 0.15) is 25.0 Å². The van der Waals surface area contributed by atoms with Crippen molar-refractivity contribution in [2.45, 2.75) is 26.8 Å². The van der Waals surface area contributed by atoms with Crippen LogP contribution in [0.5, 0.6) is 5.75 Å². The number of nitrogens with one attached hydrogen (secondary N) is 1. The fourth-order valence-electron chi connectivity index (χ4n) is 1.86. The monoisotopic (exact) mass is 291 g/mol. The first kappa shape index (κ1) is 16.8. The number of carbonyl (C=O) groups is 2. The molecule has 5 nitrogen and oxygen atoms in total. The van der Waals surface area contributed by atoms with Crippen LogP contribution in [-0.2, 0) is 9.59 Å². The number of carbonyl (C=O) groups excluding carboxylic acids is 1. The van der Waals surface area contributed by atoms with Gasteiger partial charge in [0.05, 0.1) is 7.11 Å².